The largest absolute Gasteiger partial charge is 0.352 e. The molecule has 1 N–H and O–H groups in total. The summed E-state index contributed by atoms with van der Waals surface area (Å²) in [4.78, 5) is 16.4. The van der Waals surface area contributed by atoms with Gasteiger partial charge in [0.25, 0.3) is 0 Å². The number of rotatable bonds is 4. The SMILES string of the molecule is Cc1nnc2ccc(N3CC(N(C)CC4CCCCC(=O)N4)C3)nn12. The van der Waals surface area contributed by atoms with Crippen LogP contribution in [0.3, 0.4) is 0 Å². The molecule has 25 heavy (non-hydrogen) atoms. The number of amides is 1. The summed E-state index contributed by atoms with van der Waals surface area (Å²) in [5, 5.41) is 15.9. The lowest BCUT2D eigenvalue weighted by Gasteiger charge is -2.45. The summed E-state index contributed by atoms with van der Waals surface area (Å²) >= 11 is 0. The number of carbonyl (C=O) groups excluding carboxylic acids is 1. The first kappa shape index (κ1) is 16.3. The molecule has 4 heterocycles. The summed E-state index contributed by atoms with van der Waals surface area (Å²) in [6, 6.07) is 4.74. The van der Waals surface area contributed by atoms with Gasteiger partial charge in [0.15, 0.2) is 11.5 Å². The zero-order valence-corrected chi connectivity index (χ0v) is 14.9. The molecule has 2 aliphatic heterocycles. The highest BCUT2D eigenvalue weighted by Crippen LogP contribution is 2.22. The number of aryl methyl sites for hydroxylation is 1. The van der Waals surface area contributed by atoms with Gasteiger partial charge in [-0.05, 0) is 38.9 Å². The van der Waals surface area contributed by atoms with Gasteiger partial charge >= 0.3 is 0 Å². The fraction of sp³-hybridized carbons (Fsp3) is 0.647. The van der Waals surface area contributed by atoms with Crippen molar-refractivity contribution < 1.29 is 4.79 Å². The molecule has 8 nitrogen and oxygen atoms in total. The van der Waals surface area contributed by atoms with E-state index in [2.05, 4.69) is 37.5 Å². The van der Waals surface area contributed by atoms with Crippen LogP contribution in [0.25, 0.3) is 5.65 Å². The third-order valence-corrected chi connectivity index (χ3v) is 5.29. The summed E-state index contributed by atoms with van der Waals surface area (Å²) in [6.45, 7) is 4.74. The van der Waals surface area contributed by atoms with Crippen LogP contribution in [0.15, 0.2) is 12.1 Å². The lowest BCUT2D eigenvalue weighted by molar-refractivity contribution is -0.121. The molecule has 0 spiro atoms. The molecule has 8 heteroatoms. The van der Waals surface area contributed by atoms with E-state index in [-0.39, 0.29) is 11.9 Å². The normalized spacial score (nSPS) is 22.1. The Morgan fingerprint density at radius 1 is 1.28 bits per heavy atom. The fourth-order valence-electron chi connectivity index (χ4n) is 3.66. The second kappa shape index (κ2) is 6.59. The molecular formula is C17H25N7O. The highest BCUT2D eigenvalue weighted by Gasteiger charge is 2.32. The molecule has 1 unspecified atom stereocenters. The average molecular weight is 343 g/mol. The van der Waals surface area contributed by atoms with E-state index in [1.807, 2.05) is 19.1 Å². The molecule has 2 aromatic heterocycles. The van der Waals surface area contributed by atoms with Gasteiger partial charge in [-0.25, -0.2) is 0 Å². The first-order chi connectivity index (χ1) is 12.1. The van der Waals surface area contributed by atoms with Crippen molar-refractivity contribution in [2.75, 3.05) is 31.6 Å². The third kappa shape index (κ3) is 3.30. The van der Waals surface area contributed by atoms with Crippen LogP contribution in [0, 0.1) is 6.92 Å². The molecule has 0 saturated carbocycles. The average Bonchev–Trinajstić information content (AvgIpc) is 2.78. The zero-order valence-electron chi connectivity index (χ0n) is 14.9. The Labute approximate surface area is 147 Å². The topological polar surface area (TPSA) is 78.7 Å². The van der Waals surface area contributed by atoms with Crippen LogP contribution < -0.4 is 10.2 Å². The number of hydrogen-bond acceptors (Lipinski definition) is 6. The van der Waals surface area contributed by atoms with Crippen LogP contribution in [0.4, 0.5) is 5.82 Å². The first-order valence-corrected chi connectivity index (χ1v) is 9.04. The molecule has 0 aromatic carbocycles. The Kier molecular flexibility index (Phi) is 4.29. The van der Waals surface area contributed by atoms with Gasteiger partial charge < -0.3 is 10.2 Å². The van der Waals surface area contributed by atoms with Gasteiger partial charge in [0.1, 0.15) is 5.82 Å². The smallest absolute Gasteiger partial charge is 0.220 e. The predicted octanol–water partition coefficient (Wildman–Crippen LogP) is 0.612. The maximum atomic E-state index is 11.7. The molecule has 0 radical (unpaired) electrons. The molecule has 2 aromatic rings. The van der Waals surface area contributed by atoms with Gasteiger partial charge in [0, 0.05) is 38.1 Å². The predicted molar refractivity (Wildman–Crippen MR) is 94.5 cm³/mol. The molecule has 1 amide bonds. The lowest BCUT2D eigenvalue weighted by atomic mass is 10.1. The number of fused-ring (bicyclic) bond motifs is 1. The Hall–Kier alpha value is -2.22. The lowest BCUT2D eigenvalue weighted by Crippen LogP contribution is -2.60. The molecule has 2 saturated heterocycles. The standard InChI is InChI=1S/C17H25N7O/c1-12-19-20-15-7-8-16(21-24(12)15)23-10-14(11-23)22(2)9-13-5-3-4-6-17(25)18-13/h7-8,13-14H,3-6,9-11H2,1-2H3,(H,18,25). The number of hydrogen-bond donors (Lipinski definition) is 1. The molecule has 1 atom stereocenters. The number of aromatic nitrogens is 4. The highest BCUT2D eigenvalue weighted by molar-refractivity contribution is 5.76. The number of anilines is 1. The van der Waals surface area contributed by atoms with Crippen molar-refractivity contribution in [1.82, 2.24) is 30.0 Å². The van der Waals surface area contributed by atoms with Crippen LogP contribution in [0.5, 0.6) is 0 Å². The monoisotopic (exact) mass is 343 g/mol. The van der Waals surface area contributed by atoms with E-state index in [0.717, 1.165) is 56.2 Å². The van der Waals surface area contributed by atoms with Gasteiger partial charge in [-0.1, -0.05) is 6.42 Å². The Bertz CT molecular complexity index is 767. The first-order valence-electron chi connectivity index (χ1n) is 9.04. The van der Waals surface area contributed by atoms with Gasteiger partial charge in [0.2, 0.25) is 5.91 Å². The maximum absolute atomic E-state index is 11.7. The fourth-order valence-corrected chi connectivity index (χ4v) is 3.66. The highest BCUT2D eigenvalue weighted by atomic mass is 16.1. The maximum Gasteiger partial charge on any atom is 0.220 e. The van der Waals surface area contributed by atoms with Crippen LogP contribution in [-0.4, -0.2) is 69.4 Å². The summed E-state index contributed by atoms with van der Waals surface area (Å²) in [5.41, 5.74) is 0.777. The molecule has 2 aliphatic rings. The quantitative estimate of drug-likeness (QED) is 0.876. The van der Waals surface area contributed by atoms with Crippen LogP contribution in [-0.2, 0) is 4.79 Å². The summed E-state index contributed by atoms with van der Waals surface area (Å²) in [7, 11) is 2.15. The summed E-state index contributed by atoms with van der Waals surface area (Å²) in [6.07, 6.45) is 3.90. The minimum atomic E-state index is 0.202. The Morgan fingerprint density at radius 2 is 2.12 bits per heavy atom. The number of nitrogens with one attached hydrogen (secondary N) is 1. The molecule has 4 rings (SSSR count). The van der Waals surface area contributed by atoms with Crippen molar-refractivity contribution in [3.05, 3.63) is 18.0 Å². The van der Waals surface area contributed by atoms with E-state index in [1.54, 1.807) is 4.52 Å². The van der Waals surface area contributed by atoms with Gasteiger partial charge in [-0.15, -0.1) is 15.3 Å². The summed E-state index contributed by atoms with van der Waals surface area (Å²) < 4.78 is 1.79. The van der Waals surface area contributed by atoms with Crippen molar-refractivity contribution in [2.24, 2.45) is 0 Å². The van der Waals surface area contributed by atoms with Gasteiger partial charge in [-0.2, -0.15) is 4.52 Å². The van der Waals surface area contributed by atoms with Crippen LogP contribution in [0.2, 0.25) is 0 Å². The number of carbonyl (C=O) groups is 1. The minimum Gasteiger partial charge on any atom is -0.352 e. The van der Waals surface area contributed by atoms with Crippen molar-refractivity contribution in [3.63, 3.8) is 0 Å². The van der Waals surface area contributed by atoms with Gasteiger partial charge in [0.05, 0.1) is 0 Å². The van der Waals surface area contributed by atoms with Crippen molar-refractivity contribution in [2.45, 2.75) is 44.7 Å². The minimum absolute atomic E-state index is 0.202. The van der Waals surface area contributed by atoms with Crippen molar-refractivity contribution in [3.8, 4) is 0 Å². The third-order valence-electron chi connectivity index (χ3n) is 5.29. The molecule has 0 aliphatic carbocycles. The van der Waals surface area contributed by atoms with E-state index in [4.69, 9.17) is 0 Å². The zero-order chi connectivity index (χ0) is 17.4. The molecule has 2 fully saturated rings. The molecule has 134 valence electrons. The van der Waals surface area contributed by atoms with E-state index in [1.165, 1.54) is 0 Å². The van der Waals surface area contributed by atoms with Crippen LogP contribution in [0.1, 0.15) is 31.5 Å². The van der Waals surface area contributed by atoms with E-state index in [9.17, 15) is 4.79 Å². The number of likely N-dealkylation sites (N-methyl/N-ethyl adjacent to an activating group) is 1. The van der Waals surface area contributed by atoms with E-state index < -0.39 is 0 Å². The Balaban J connectivity index is 1.34. The van der Waals surface area contributed by atoms with E-state index in [0.29, 0.717) is 12.5 Å². The Morgan fingerprint density at radius 3 is 2.96 bits per heavy atom. The molecule has 0 bridgehead atoms. The van der Waals surface area contributed by atoms with Gasteiger partial charge in [-0.3, -0.25) is 9.69 Å². The van der Waals surface area contributed by atoms with Crippen molar-refractivity contribution >= 4 is 17.4 Å². The second-order valence-corrected chi connectivity index (χ2v) is 7.22. The van der Waals surface area contributed by atoms with E-state index >= 15 is 0 Å². The number of nitrogens with zero attached hydrogens (tertiary/aromatic N) is 6. The summed E-state index contributed by atoms with van der Waals surface area (Å²) in [5.74, 6) is 1.96. The van der Waals surface area contributed by atoms with Crippen molar-refractivity contribution in [1.29, 1.82) is 0 Å². The van der Waals surface area contributed by atoms with Crippen LogP contribution >= 0.6 is 0 Å². The molecular weight excluding hydrogens is 318 g/mol. The second-order valence-electron chi connectivity index (χ2n) is 7.22.